The molecule has 0 aromatic carbocycles. The summed E-state index contributed by atoms with van der Waals surface area (Å²) in [6.45, 7) is 8.35. The van der Waals surface area contributed by atoms with Crippen LogP contribution in [0.1, 0.15) is 34.1 Å². The molecule has 0 radical (unpaired) electrons. The summed E-state index contributed by atoms with van der Waals surface area (Å²) in [5, 5.41) is 14.4. The molecule has 0 rings (SSSR count). The van der Waals surface area contributed by atoms with Gasteiger partial charge in [0.25, 0.3) is 0 Å². The van der Waals surface area contributed by atoms with Gasteiger partial charge in [-0.1, -0.05) is 20.8 Å². The summed E-state index contributed by atoms with van der Waals surface area (Å²) < 4.78 is 0. The minimum absolute atomic E-state index is 0.000413. The van der Waals surface area contributed by atoms with Crippen LogP contribution in [-0.4, -0.2) is 54.7 Å². The quantitative estimate of drug-likeness (QED) is 0.677. The molecule has 0 saturated carbocycles. The second-order valence-corrected chi connectivity index (χ2v) is 6.30. The van der Waals surface area contributed by atoms with Crippen molar-refractivity contribution in [3.63, 3.8) is 0 Å². The molecule has 0 bridgehead atoms. The topological polar surface area (TPSA) is 81.7 Å². The molecule has 0 spiro atoms. The van der Waals surface area contributed by atoms with Crippen LogP contribution in [0.2, 0.25) is 0 Å². The number of urea groups is 1. The molecule has 0 fully saturated rings. The number of carbonyl (C=O) groups is 2. The number of likely N-dealkylation sites (N-methyl/N-ethyl adjacent to an activating group) is 1. The third-order valence-electron chi connectivity index (χ3n) is 2.75. The molecule has 0 aliphatic heterocycles. The van der Waals surface area contributed by atoms with E-state index in [1.807, 2.05) is 46.7 Å². The molecule has 0 aliphatic rings. The number of carboxylic acid groups (broad SMARTS) is 1. The van der Waals surface area contributed by atoms with Crippen LogP contribution < -0.4 is 10.6 Å². The number of aliphatic carboxylic acids is 1. The first-order valence-electron chi connectivity index (χ1n) is 6.46. The molecular weight excluding hydrogens is 246 g/mol. The fraction of sp³-hybridized carbons (Fsp3) is 0.846. The van der Waals surface area contributed by atoms with Gasteiger partial charge in [-0.05, 0) is 26.4 Å². The van der Waals surface area contributed by atoms with Gasteiger partial charge in [0.05, 0.1) is 6.42 Å². The van der Waals surface area contributed by atoms with Gasteiger partial charge in [0.2, 0.25) is 0 Å². The Hall–Kier alpha value is -1.30. The van der Waals surface area contributed by atoms with E-state index in [1.165, 1.54) is 0 Å². The van der Waals surface area contributed by atoms with Gasteiger partial charge in [-0.2, -0.15) is 0 Å². The first kappa shape index (κ1) is 17.7. The molecule has 0 heterocycles. The van der Waals surface area contributed by atoms with Gasteiger partial charge < -0.3 is 20.6 Å². The van der Waals surface area contributed by atoms with Crippen molar-refractivity contribution in [3.8, 4) is 0 Å². The number of nitrogens with one attached hydrogen (secondary N) is 2. The maximum absolute atomic E-state index is 11.8. The van der Waals surface area contributed by atoms with E-state index in [9.17, 15) is 9.59 Å². The number of nitrogens with zero attached hydrogens (tertiary/aromatic N) is 1. The largest absolute Gasteiger partial charge is 0.481 e. The van der Waals surface area contributed by atoms with Crippen LogP contribution in [0, 0.1) is 5.41 Å². The van der Waals surface area contributed by atoms with Crippen LogP contribution in [0.25, 0.3) is 0 Å². The maximum atomic E-state index is 11.8. The minimum atomic E-state index is -0.915. The molecule has 0 aromatic rings. The second-order valence-electron chi connectivity index (χ2n) is 6.30. The number of amides is 2. The number of rotatable bonds is 6. The summed E-state index contributed by atoms with van der Waals surface area (Å²) in [6, 6.07) is -0.729. The lowest BCUT2D eigenvalue weighted by molar-refractivity contribution is -0.138. The Labute approximate surface area is 115 Å². The molecule has 19 heavy (non-hydrogen) atoms. The predicted octanol–water partition coefficient (Wildman–Crippen LogP) is 1.13. The van der Waals surface area contributed by atoms with Crippen LogP contribution in [0.4, 0.5) is 4.79 Å². The number of hydrogen-bond donors (Lipinski definition) is 3. The van der Waals surface area contributed by atoms with E-state index in [1.54, 1.807) is 0 Å². The lowest BCUT2D eigenvalue weighted by Crippen LogP contribution is -2.52. The Morgan fingerprint density at radius 1 is 1.21 bits per heavy atom. The lowest BCUT2D eigenvalue weighted by atomic mass is 9.85. The Bertz CT molecular complexity index is 311. The summed E-state index contributed by atoms with van der Waals surface area (Å²) in [5.74, 6) is -0.915. The van der Waals surface area contributed by atoms with Crippen LogP contribution in [0.5, 0.6) is 0 Å². The third-order valence-corrected chi connectivity index (χ3v) is 2.75. The number of hydrogen-bond acceptors (Lipinski definition) is 3. The molecule has 6 heteroatoms. The summed E-state index contributed by atoms with van der Waals surface area (Å²) in [7, 11) is 3.86. The number of carboxylic acids is 1. The normalized spacial score (nSPS) is 14.9. The van der Waals surface area contributed by atoms with Crippen molar-refractivity contribution in [1.82, 2.24) is 15.5 Å². The summed E-state index contributed by atoms with van der Waals surface area (Å²) in [5.41, 5.74) is -0.305. The molecule has 6 nitrogen and oxygen atoms in total. The van der Waals surface area contributed by atoms with Crippen molar-refractivity contribution in [2.45, 2.75) is 46.2 Å². The Kier molecular flexibility index (Phi) is 6.83. The highest BCUT2D eigenvalue weighted by molar-refractivity contribution is 5.76. The van der Waals surface area contributed by atoms with Crippen molar-refractivity contribution in [1.29, 1.82) is 0 Å². The van der Waals surface area contributed by atoms with Crippen molar-refractivity contribution >= 4 is 12.0 Å². The van der Waals surface area contributed by atoms with E-state index in [4.69, 9.17) is 5.11 Å². The van der Waals surface area contributed by atoms with Crippen LogP contribution in [0.15, 0.2) is 0 Å². The molecular formula is C13H27N3O3. The minimum Gasteiger partial charge on any atom is -0.481 e. The number of carbonyl (C=O) groups excluding carboxylic acids is 1. The van der Waals surface area contributed by atoms with Gasteiger partial charge in [-0.25, -0.2) is 4.79 Å². The zero-order valence-electron chi connectivity index (χ0n) is 12.8. The van der Waals surface area contributed by atoms with Crippen molar-refractivity contribution in [2.24, 2.45) is 5.41 Å². The standard InChI is InChI=1S/C13H27N3O3/c1-9(8-16(5)6)14-12(19)15-10(7-11(17)18)13(2,3)4/h9-10H,7-8H2,1-6H3,(H,17,18)(H2,14,15,19). The predicted molar refractivity (Wildman–Crippen MR) is 75.2 cm³/mol. The highest BCUT2D eigenvalue weighted by atomic mass is 16.4. The smallest absolute Gasteiger partial charge is 0.315 e. The summed E-state index contributed by atoms with van der Waals surface area (Å²) >= 11 is 0. The Balaban J connectivity index is 4.43. The van der Waals surface area contributed by atoms with Crippen LogP contribution in [0.3, 0.4) is 0 Å². The summed E-state index contributed by atoms with van der Waals surface area (Å²) in [6.07, 6.45) is -0.0843. The molecule has 2 atom stereocenters. The van der Waals surface area contributed by atoms with E-state index < -0.39 is 12.0 Å². The maximum Gasteiger partial charge on any atom is 0.315 e. The van der Waals surface area contributed by atoms with Gasteiger partial charge in [0.15, 0.2) is 0 Å². The van der Waals surface area contributed by atoms with Crippen LogP contribution in [-0.2, 0) is 4.79 Å². The molecule has 3 N–H and O–H groups in total. The highest BCUT2D eigenvalue weighted by Gasteiger charge is 2.28. The monoisotopic (exact) mass is 273 g/mol. The summed E-state index contributed by atoms with van der Waals surface area (Å²) in [4.78, 5) is 24.6. The average Bonchev–Trinajstić information content (AvgIpc) is 2.11. The van der Waals surface area contributed by atoms with Crippen molar-refractivity contribution in [2.75, 3.05) is 20.6 Å². The molecule has 112 valence electrons. The van der Waals surface area contributed by atoms with Gasteiger partial charge in [0.1, 0.15) is 0 Å². The fourth-order valence-electron chi connectivity index (χ4n) is 1.77. The van der Waals surface area contributed by atoms with E-state index in [0.29, 0.717) is 0 Å². The zero-order valence-corrected chi connectivity index (χ0v) is 12.8. The molecule has 2 unspecified atom stereocenters. The van der Waals surface area contributed by atoms with Crippen molar-refractivity contribution in [3.05, 3.63) is 0 Å². The highest BCUT2D eigenvalue weighted by Crippen LogP contribution is 2.21. The Morgan fingerprint density at radius 2 is 1.74 bits per heavy atom. The van der Waals surface area contributed by atoms with Gasteiger partial charge in [-0.15, -0.1) is 0 Å². The SMILES string of the molecule is CC(CN(C)C)NC(=O)NC(CC(=O)O)C(C)(C)C. The zero-order chi connectivity index (χ0) is 15.2. The molecule has 2 amide bonds. The first-order valence-corrected chi connectivity index (χ1v) is 6.46. The third kappa shape index (κ3) is 8.42. The van der Waals surface area contributed by atoms with E-state index >= 15 is 0 Å². The fourth-order valence-corrected chi connectivity index (χ4v) is 1.77. The molecule has 0 saturated heterocycles. The lowest BCUT2D eigenvalue weighted by Gasteiger charge is -2.31. The molecule has 0 aromatic heterocycles. The van der Waals surface area contributed by atoms with Gasteiger partial charge in [0, 0.05) is 18.6 Å². The second kappa shape index (κ2) is 7.33. The first-order chi connectivity index (χ1) is 8.52. The Morgan fingerprint density at radius 3 is 2.11 bits per heavy atom. The van der Waals surface area contributed by atoms with Gasteiger partial charge in [-0.3, -0.25) is 4.79 Å². The van der Waals surface area contributed by atoms with Crippen molar-refractivity contribution < 1.29 is 14.7 Å². The average molecular weight is 273 g/mol. The van der Waals surface area contributed by atoms with E-state index in [0.717, 1.165) is 6.54 Å². The van der Waals surface area contributed by atoms with Crippen LogP contribution >= 0.6 is 0 Å². The van der Waals surface area contributed by atoms with Gasteiger partial charge >= 0.3 is 12.0 Å². The van der Waals surface area contributed by atoms with E-state index in [2.05, 4.69) is 10.6 Å². The van der Waals surface area contributed by atoms with E-state index in [-0.39, 0.29) is 23.9 Å². The molecule has 0 aliphatic carbocycles.